The summed E-state index contributed by atoms with van der Waals surface area (Å²) in [5.41, 5.74) is -0.518. The highest BCUT2D eigenvalue weighted by Crippen LogP contribution is 2.27. The third-order valence-corrected chi connectivity index (χ3v) is 3.05. The molecular weight excluding hydrogens is 258 g/mol. The van der Waals surface area contributed by atoms with Gasteiger partial charge in [-0.05, 0) is 12.3 Å². The van der Waals surface area contributed by atoms with Crippen molar-refractivity contribution in [2.24, 2.45) is 11.3 Å². The van der Waals surface area contributed by atoms with Crippen molar-refractivity contribution in [3.63, 3.8) is 0 Å². The SMILES string of the molecule is C=C(OC(CC(C)C)C(=O)O)C(C)(C)CNC(=O)CC. The highest BCUT2D eigenvalue weighted by Gasteiger charge is 2.29. The number of carboxylic acids is 1. The minimum atomic E-state index is -0.992. The smallest absolute Gasteiger partial charge is 0.344 e. The highest BCUT2D eigenvalue weighted by molar-refractivity contribution is 5.75. The van der Waals surface area contributed by atoms with E-state index in [2.05, 4.69) is 11.9 Å². The molecule has 0 heterocycles. The molecule has 0 bridgehead atoms. The van der Waals surface area contributed by atoms with Gasteiger partial charge in [-0.1, -0.05) is 41.2 Å². The van der Waals surface area contributed by atoms with E-state index in [9.17, 15) is 9.59 Å². The maximum Gasteiger partial charge on any atom is 0.344 e. The van der Waals surface area contributed by atoms with E-state index in [-0.39, 0.29) is 11.8 Å². The molecule has 20 heavy (non-hydrogen) atoms. The zero-order valence-corrected chi connectivity index (χ0v) is 13.2. The minimum absolute atomic E-state index is 0.0529. The number of ether oxygens (including phenoxy) is 1. The Hall–Kier alpha value is -1.52. The zero-order chi connectivity index (χ0) is 15.9. The van der Waals surface area contributed by atoms with Gasteiger partial charge in [-0.2, -0.15) is 0 Å². The molecule has 0 aliphatic heterocycles. The predicted octanol–water partition coefficient (Wildman–Crippen LogP) is 2.57. The summed E-state index contributed by atoms with van der Waals surface area (Å²) in [7, 11) is 0. The second kappa shape index (κ2) is 7.92. The van der Waals surface area contributed by atoms with E-state index >= 15 is 0 Å². The van der Waals surface area contributed by atoms with Crippen LogP contribution in [0.4, 0.5) is 0 Å². The lowest BCUT2D eigenvalue weighted by atomic mass is 9.91. The molecule has 5 heteroatoms. The summed E-state index contributed by atoms with van der Waals surface area (Å²) >= 11 is 0. The van der Waals surface area contributed by atoms with Gasteiger partial charge in [0.2, 0.25) is 5.91 Å². The third-order valence-electron chi connectivity index (χ3n) is 3.05. The van der Waals surface area contributed by atoms with E-state index < -0.39 is 17.5 Å². The molecule has 0 aromatic carbocycles. The van der Waals surface area contributed by atoms with Gasteiger partial charge in [0.25, 0.3) is 0 Å². The van der Waals surface area contributed by atoms with Gasteiger partial charge >= 0.3 is 5.97 Å². The Kier molecular flexibility index (Phi) is 7.32. The lowest BCUT2D eigenvalue weighted by molar-refractivity contribution is -0.149. The van der Waals surface area contributed by atoms with E-state index in [1.54, 1.807) is 6.92 Å². The van der Waals surface area contributed by atoms with Crippen LogP contribution in [-0.4, -0.2) is 29.6 Å². The van der Waals surface area contributed by atoms with Crippen molar-refractivity contribution in [2.45, 2.75) is 53.6 Å². The molecule has 0 spiro atoms. The first-order valence-corrected chi connectivity index (χ1v) is 6.95. The first-order valence-electron chi connectivity index (χ1n) is 6.95. The number of nitrogens with one attached hydrogen (secondary N) is 1. The average Bonchev–Trinajstić information content (AvgIpc) is 2.34. The van der Waals surface area contributed by atoms with Crippen LogP contribution in [0, 0.1) is 11.3 Å². The summed E-state index contributed by atoms with van der Waals surface area (Å²) in [6, 6.07) is 0. The van der Waals surface area contributed by atoms with Gasteiger partial charge in [0.1, 0.15) is 0 Å². The van der Waals surface area contributed by atoms with Gasteiger partial charge in [0, 0.05) is 18.4 Å². The second-order valence-electron chi connectivity index (χ2n) is 6.01. The lowest BCUT2D eigenvalue weighted by Crippen LogP contribution is -2.37. The van der Waals surface area contributed by atoms with Crippen LogP contribution >= 0.6 is 0 Å². The standard InChI is InChI=1S/C15H27NO4/c1-7-13(17)16-9-15(5,6)11(4)20-12(14(18)19)8-10(2)3/h10,12H,4,7-9H2,1-3,5-6H3,(H,16,17)(H,18,19). The Morgan fingerprint density at radius 3 is 2.30 bits per heavy atom. The molecule has 0 aromatic rings. The lowest BCUT2D eigenvalue weighted by Gasteiger charge is -2.30. The predicted molar refractivity (Wildman–Crippen MR) is 78.2 cm³/mol. The molecule has 1 unspecified atom stereocenters. The summed E-state index contributed by atoms with van der Waals surface area (Å²) < 4.78 is 5.51. The molecular formula is C15H27NO4. The Bertz CT molecular complexity index is 361. The van der Waals surface area contributed by atoms with E-state index in [0.717, 1.165) is 0 Å². The highest BCUT2D eigenvalue weighted by atomic mass is 16.5. The number of carbonyl (C=O) groups excluding carboxylic acids is 1. The van der Waals surface area contributed by atoms with Crippen molar-refractivity contribution in [1.29, 1.82) is 0 Å². The maximum atomic E-state index is 11.3. The molecule has 2 N–H and O–H groups in total. The first kappa shape index (κ1) is 18.5. The third kappa shape index (κ3) is 6.59. The Morgan fingerprint density at radius 1 is 1.35 bits per heavy atom. The molecule has 1 amide bonds. The van der Waals surface area contributed by atoms with E-state index in [4.69, 9.17) is 9.84 Å². The van der Waals surface area contributed by atoms with Crippen molar-refractivity contribution in [3.8, 4) is 0 Å². The summed E-state index contributed by atoms with van der Waals surface area (Å²) in [6.45, 7) is 13.6. The van der Waals surface area contributed by atoms with Crippen LogP contribution in [0.1, 0.15) is 47.5 Å². The average molecular weight is 285 g/mol. The van der Waals surface area contributed by atoms with Crippen molar-refractivity contribution >= 4 is 11.9 Å². The number of hydrogen-bond donors (Lipinski definition) is 2. The fraction of sp³-hybridized carbons (Fsp3) is 0.733. The minimum Gasteiger partial charge on any atom is -0.483 e. The van der Waals surface area contributed by atoms with Gasteiger partial charge in [-0.3, -0.25) is 4.79 Å². The van der Waals surface area contributed by atoms with Crippen LogP contribution in [-0.2, 0) is 14.3 Å². The number of carboxylic acid groups (broad SMARTS) is 1. The number of aliphatic carboxylic acids is 1. The van der Waals surface area contributed by atoms with Crippen LogP contribution in [0.15, 0.2) is 12.3 Å². The van der Waals surface area contributed by atoms with E-state index in [1.165, 1.54) is 0 Å². The number of amides is 1. The normalized spacial score (nSPS) is 12.9. The fourth-order valence-corrected chi connectivity index (χ4v) is 1.50. The molecule has 1 atom stereocenters. The van der Waals surface area contributed by atoms with Crippen LogP contribution in [0.2, 0.25) is 0 Å². The molecule has 0 radical (unpaired) electrons. The Morgan fingerprint density at radius 2 is 1.90 bits per heavy atom. The van der Waals surface area contributed by atoms with Gasteiger partial charge in [-0.15, -0.1) is 0 Å². The van der Waals surface area contributed by atoms with Gasteiger partial charge < -0.3 is 15.2 Å². The Labute approximate surface area is 121 Å². The van der Waals surface area contributed by atoms with Gasteiger partial charge in [0.15, 0.2) is 6.10 Å². The molecule has 0 aromatic heterocycles. The number of rotatable bonds is 9. The van der Waals surface area contributed by atoms with Crippen molar-refractivity contribution in [3.05, 3.63) is 12.3 Å². The maximum absolute atomic E-state index is 11.3. The molecule has 116 valence electrons. The summed E-state index contributed by atoms with van der Waals surface area (Å²) in [5.74, 6) is -0.454. The van der Waals surface area contributed by atoms with Crippen LogP contribution in [0.25, 0.3) is 0 Å². The molecule has 0 saturated heterocycles. The van der Waals surface area contributed by atoms with Crippen molar-refractivity contribution in [2.75, 3.05) is 6.54 Å². The van der Waals surface area contributed by atoms with Gasteiger partial charge in [-0.25, -0.2) is 4.79 Å². The Balaban J connectivity index is 4.61. The molecule has 0 aliphatic rings. The quantitative estimate of drug-likeness (QED) is 0.638. The molecule has 0 aliphatic carbocycles. The summed E-state index contributed by atoms with van der Waals surface area (Å²) in [5, 5.41) is 11.9. The monoisotopic (exact) mass is 285 g/mol. The summed E-state index contributed by atoms with van der Waals surface area (Å²) in [6.07, 6.45) is -0.0658. The topological polar surface area (TPSA) is 75.6 Å². The van der Waals surface area contributed by atoms with Crippen molar-refractivity contribution in [1.82, 2.24) is 5.32 Å². The van der Waals surface area contributed by atoms with Crippen LogP contribution < -0.4 is 5.32 Å². The fourth-order valence-electron chi connectivity index (χ4n) is 1.50. The molecule has 0 fully saturated rings. The zero-order valence-electron chi connectivity index (χ0n) is 13.2. The molecule has 5 nitrogen and oxygen atoms in total. The molecule has 0 rings (SSSR count). The van der Waals surface area contributed by atoms with E-state index in [1.807, 2.05) is 27.7 Å². The first-order chi connectivity index (χ1) is 9.10. The number of hydrogen-bond acceptors (Lipinski definition) is 3. The van der Waals surface area contributed by atoms with Gasteiger partial charge in [0.05, 0.1) is 5.76 Å². The summed E-state index contributed by atoms with van der Waals surface area (Å²) in [4.78, 5) is 22.5. The van der Waals surface area contributed by atoms with Crippen LogP contribution in [0.5, 0.6) is 0 Å². The number of carbonyl (C=O) groups is 2. The molecule has 0 saturated carbocycles. The largest absolute Gasteiger partial charge is 0.483 e. The van der Waals surface area contributed by atoms with Crippen LogP contribution in [0.3, 0.4) is 0 Å². The second-order valence-corrected chi connectivity index (χ2v) is 6.01. The van der Waals surface area contributed by atoms with E-state index in [0.29, 0.717) is 25.1 Å². The van der Waals surface area contributed by atoms with Crippen molar-refractivity contribution < 1.29 is 19.4 Å².